The number of amides is 3. The van der Waals surface area contributed by atoms with Crippen molar-refractivity contribution in [2.24, 2.45) is 5.92 Å². The largest absolute Gasteiger partial charge is 0.492 e. The van der Waals surface area contributed by atoms with Crippen LogP contribution in [0.1, 0.15) is 64.5 Å². The van der Waals surface area contributed by atoms with Crippen molar-refractivity contribution in [1.82, 2.24) is 25.3 Å². The molecule has 0 saturated carbocycles. The number of carbonyl (C=O) groups is 3. The molecule has 10 nitrogen and oxygen atoms in total. The summed E-state index contributed by atoms with van der Waals surface area (Å²) in [6.45, 7) is 5.96. The van der Waals surface area contributed by atoms with E-state index in [0.717, 1.165) is 24.8 Å². The van der Waals surface area contributed by atoms with E-state index in [4.69, 9.17) is 9.26 Å². The Hall–Kier alpha value is -4.21. The number of hydrogen-bond acceptors (Lipinski definition) is 7. The van der Waals surface area contributed by atoms with Gasteiger partial charge in [-0.3, -0.25) is 19.4 Å². The van der Waals surface area contributed by atoms with Crippen molar-refractivity contribution >= 4 is 17.7 Å². The molecule has 3 aromatic rings. The van der Waals surface area contributed by atoms with Gasteiger partial charge in [-0.25, -0.2) is 0 Å². The monoisotopic (exact) mass is 573 g/mol. The molecule has 2 atom stereocenters. The third-order valence-corrected chi connectivity index (χ3v) is 8.19. The van der Waals surface area contributed by atoms with Crippen LogP contribution < -0.4 is 10.1 Å². The lowest BCUT2D eigenvalue weighted by Crippen LogP contribution is -2.39. The lowest BCUT2D eigenvalue weighted by molar-refractivity contribution is -0.130. The third-order valence-electron chi connectivity index (χ3n) is 8.19. The third kappa shape index (κ3) is 6.98. The van der Waals surface area contributed by atoms with E-state index < -0.39 is 0 Å². The predicted octanol–water partition coefficient (Wildman–Crippen LogP) is 3.68. The maximum atomic E-state index is 13.5. The highest BCUT2D eigenvalue weighted by molar-refractivity contribution is 5.96. The minimum atomic E-state index is -0.359. The first kappa shape index (κ1) is 29.3. The highest BCUT2D eigenvalue weighted by Gasteiger charge is 2.40. The Morgan fingerprint density at radius 1 is 1.05 bits per heavy atom. The number of likely N-dealkylation sites (tertiary alicyclic amines) is 1. The summed E-state index contributed by atoms with van der Waals surface area (Å²) < 4.78 is 11.3. The molecule has 2 aliphatic rings. The van der Waals surface area contributed by atoms with Gasteiger partial charge in [-0.1, -0.05) is 23.4 Å². The van der Waals surface area contributed by atoms with Crippen molar-refractivity contribution in [3.63, 3.8) is 0 Å². The number of ether oxygens (including phenoxy) is 1. The van der Waals surface area contributed by atoms with Crippen LogP contribution >= 0.6 is 0 Å². The second-order valence-electron chi connectivity index (χ2n) is 11.1. The highest BCUT2D eigenvalue weighted by Crippen LogP contribution is 2.35. The molecule has 10 heteroatoms. The van der Waals surface area contributed by atoms with Crippen molar-refractivity contribution in [3.8, 4) is 5.75 Å². The Bertz CT molecular complexity index is 1370. The molecule has 2 aromatic heterocycles. The molecule has 42 heavy (non-hydrogen) atoms. The number of nitrogens with zero attached hydrogens (tertiary/aromatic N) is 4. The average molecular weight is 574 g/mol. The second-order valence-corrected chi connectivity index (χ2v) is 11.1. The normalized spacial score (nSPS) is 19.4. The SMILES string of the molecule is Cc1noc(C)c1C(=O)N1CCCNC(=O)[C@H]2CN(C(=O)CCCCc3cccnc3)C[C@@H]2c2cccc(c2)OCC1. The summed E-state index contributed by atoms with van der Waals surface area (Å²) in [5.74, 6) is 0.537. The number of fused-ring (bicyclic) bond motifs is 4. The molecular weight excluding hydrogens is 534 g/mol. The van der Waals surface area contributed by atoms with Crippen molar-refractivity contribution < 1.29 is 23.6 Å². The maximum Gasteiger partial charge on any atom is 0.259 e. The molecule has 3 amide bonds. The van der Waals surface area contributed by atoms with Crippen LogP contribution in [0.15, 0.2) is 53.3 Å². The number of nitrogens with one attached hydrogen (secondary N) is 1. The van der Waals surface area contributed by atoms with Gasteiger partial charge in [0.05, 0.1) is 18.2 Å². The summed E-state index contributed by atoms with van der Waals surface area (Å²) in [4.78, 5) is 47.7. The zero-order chi connectivity index (χ0) is 29.5. The zero-order valence-electron chi connectivity index (χ0n) is 24.4. The molecule has 2 aliphatic heterocycles. The molecule has 1 fully saturated rings. The van der Waals surface area contributed by atoms with E-state index in [1.54, 1.807) is 24.9 Å². The van der Waals surface area contributed by atoms with Gasteiger partial charge in [0, 0.05) is 50.9 Å². The van der Waals surface area contributed by atoms with Crippen LogP contribution in [0.5, 0.6) is 5.75 Å². The summed E-state index contributed by atoms with van der Waals surface area (Å²) in [6.07, 6.45) is 7.26. The Kier molecular flexibility index (Phi) is 9.51. The fourth-order valence-corrected chi connectivity index (χ4v) is 5.90. The summed E-state index contributed by atoms with van der Waals surface area (Å²) >= 11 is 0. The molecular formula is C32H39N5O5. The molecule has 0 radical (unpaired) electrons. The fraction of sp³-hybridized carbons (Fsp3) is 0.469. The van der Waals surface area contributed by atoms with Crippen molar-refractivity contribution in [1.29, 1.82) is 0 Å². The zero-order valence-corrected chi connectivity index (χ0v) is 24.4. The van der Waals surface area contributed by atoms with E-state index in [1.807, 2.05) is 41.4 Å². The maximum absolute atomic E-state index is 13.5. The van der Waals surface area contributed by atoms with E-state index in [1.165, 1.54) is 5.56 Å². The van der Waals surface area contributed by atoms with Gasteiger partial charge < -0.3 is 24.4 Å². The minimum absolute atomic E-state index is 0.0705. The standard InChI is InChI=1S/C32H39N5O5/c1-22-30(23(2)42-35-22)32(40)36-15-7-14-34-31(39)28-21-37(29(38)12-4-3-8-24-9-6-13-33-19-24)20-27(28)25-10-5-11-26(18-25)41-17-16-36/h5-6,9-11,13,18-19,27-28H,3-4,7-8,12,14-17,20-21H2,1-2H3,(H,34,39)/t27-,28+/m1/s1. The molecule has 1 saturated heterocycles. The number of benzene rings is 1. The predicted molar refractivity (Wildman–Crippen MR) is 156 cm³/mol. The number of hydrogen-bond donors (Lipinski definition) is 1. The summed E-state index contributed by atoms with van der Waals surface area (Å²) in [5, 5.41) is 7.01. The van der Waals surface area contributed by atoms with Gasteiger partial charge in [0.25, 0.3) is 5.91 Å². The second kappa shape index (κ2) is 13.6. The van der Waals surface area contributed by atoms with Gasteiger partial charge >= 0.3 is 0 Å². The Labute approximate surface area is 246 Å². The quantitative estimate of drug-likeness (QED) is 0.447. The van der Waals surface area contributed by atoms with E-state index in [0.29, 0.717) is 74.9 Å². The fourth-order valence-electron chi connectivity index (χ4n) is 5.90. The van der Waals surface area contributed by atoms with E-state index in [9.17, 15) is 14.4 Å². The molecule has 1 N–H and O–H groups in total. The molecule has 1 aromatic carbocycles. The number of carbonyl (C=O) groups excluding carboxylic acids is 3. The first-order valence-corrected chi connectivity index (χ1v) is 14.8. The minimum Gasteiger partial charge on any atom is -0.492 e. The van der Waals surface area contributed by atoms with E-state index in [2.05, 4.69) is 21.5 Å². The molecule has 222 valence electrons. The van der Waals surface area contributed by atoms with Gasteiger partial charge in [-0.2, -0.15) is 0 Å². The van der Waals surface area contributed by atoms with Crippen LogP contribution in [0.4, 0.5) is 0 Å². The van der Waals surface area contributed by atoms with E-state index >= 15 is 0 Å². The number of aromatic nitrogens is 2. The first-order valence-electron chi connectivity index (χ1n) is 14.8. The Morgan fingerprint density at radius 3 is 2.69 bits per heavy atom. The van der Waals surface area contributed by atoms with Crippen LogP contribution in [0.2, 0.25) is 0 Å². The molecule has 0 aliphatic carbocycles. The Morgan fingerprint density at radius 2 is 1.90 bits per heavy atom. The van der Waals surface area contributed by atoms with Crippen LogP contribution in [0.25, 0.3) is 0 Å². The van der Waals surface area contributed by atoms with Crippen LogP contribution in [-0.4, -0.2) is 77.0 Å². The number of pyridine rings is 1. The molecule has 0 spiro atoms. The van der Waals surface area contributed by atoms with Crippen molar-refractivity contribution in [3.05, 3.63) is 76.9 Å². The van der Waals surface area contributed by atoms with Crippen LogP contribution in [0.3, 0.4) is 0 Å². The number of aryl methyl sites for hydroxylation is 3. The number of rotatable bonds is 6. The van der Waals surface area contributed by atoms with Crippen LogP contribution in [-0.2, 0) is 16.0 Å². The lowest BCUT2D eigenvalue weighted by atomic mass is 9.88. The first-order chi connectivity index (χ1) is 20.4. The number of unbranched alkanes of at least 4 members (excludes halogenated alkanes) is 1. The topological polar surface area (TPSA) is 118 Å². The summed E-state index contributed by atoms with van der Waals surface area (Å²) in [7, 11) is 0. The molecule has 0 unspecified atom stereocenters. The highest BCUT2D eigenvalue weighted by atomic mass is 16.5. The molecule has 5 rings (SSSR count). The Balaban J connectivity index is 1.25. The van der Waals surface area contributed by atoms with Crippen molar-refractivity contribution in [2.45, 2.75) is 51.9 Å². The van der Waals surface area contributed by atoms with Crippen molar-refractivity contribution in [2.75, 3.05) is 39.3 Å². The summed E-state index contributed by atoms with van der Waals surface area (Å²) in [6, 6.07) is 11.7. The van der Waals surface area contributed by atoms with Gasteiger partial charge in [0.15, 0.2) is 0 Å². The smallest absolute Gasteiger partial charge is 0.259 e. The van der Waals surface area contributed by atoms with E-state index in [-0.39, 0.29) is 29.6 Å². The van der Waals surface area contributed by atoms with Crippen LogP contribution in [0, 0.1) is 19.8 Å². The molecule has 2 bridgehead atoms. The van der Waals surface area contributed by atoms with Gasteiger partial charge in [0.1, 0.15) is 23.7 Å². The average Bonchev–Trinajstić information content (AvgIpc) is 3.59. The summed E-state index contributed by atoms with van der Waals surface area (Å²) in [5.41, 5.74) is 3.17. The van der Waals surface area contributed by atoms with Gasteiger partial charge in [0.2, 0.25) is 11.8 Å². The van der Waals surface area contributed by atoms with Gasteiger partial charge in [-0.15, -0.1) is 0 Å². The lowest BCUT2D eigenvalue weighted by Gasteiger charge is -2.24. The van der Waals surface area contributed by atoms with Gasteiger partial charge in [-0.05, 0) is 68.9 Å². The molecule has 4 heterocycles.